The molecule has 0 fully saturated rings. The molecule has 0 spiro atoms. The van der Waals surface area contributed by atoms with Gasteiger partial charge in [-0.05, 0) is 71.8 Å². The van der Waals surface area contributed by atoms with E-state index in [0.29, 0.717) is 0 Å². The smallest absolute Gasteiger partial charge is 0.124 e. The third kappa shape index (κ3) is 4.09. The number of hydrogen-bond donors (Lipinski definition) is 0. The number of hydrogen-bond acceptors (Lipinski definition) is 2. The van der Waals surface area contributed by atoms with Crippen molar-refractivity contribution in [3.05, 3.63) is 164 Å². The second-order valence-corrected chi connectivity index (χ2v) is 13.1. The predicted octanol–water partition coefficient (Wildman–Crippen LogP) is 11.8. The highest BCUT2D eigenvalue weighted by Gasteiger charge is 2.18. The van der Waals surface area contributed by atoms with E-state index >= 15 is 0 Å². The third-order valence-corrected chi connectivity index (χ3v) is 10.4. The van der Waals surface area contributed by atoms with Gasteiger partial charge in [0.25, 0.3) is 0 Å². The van der Waals surface area contributed by atoms with Gasteiger partial charge in [0.1, 0.15) is 5.01 Å². The molecule has 10 aromatic rings. The van der Waals surface area contributed by atoms with E-state index < -0.39 is 0 Å². The summed E-state index contributed by atoms with van der Waals surface area (Å²) in [6, 6.07) is 59.0. The van der Waals surface area contributed by atoms with E-state index in [1.165, 1.54) is 65.1 Å². The Labute approximate surface area is 275 Å². The minimum Gasteiger partial charge on any atom is -0.309 e. The number of thiazole rings is 1. The Hall–Kier alpha value is -5.97. The molecule has 3 nitrogen and oxygen atoms in total. The Morgan fingerprint density at radius 1 is 0.383 bits per heavy atom. The van der Waals surface area contributed by atoms with Gasteiger partial charge in [0.2, 0.25) is 0 Å². The second-order valence-electron chi connectivity index (χ2n) is 12.0. The minimum absolute atomic E-state index is 1.04. The van der Waals surface area contributed by atoms with Gasteiger partial charge in [-0.3, -0.25) is 0 Å². The fourth-order valence-corrected chi connectivity index (χ4v) is 8.21. The van der Waals surface area contributed by atoms with E-state index in [1.807, 2.05) is 6.07 Å². The third-order valence-electron chi connectivity index (χ3n) is 9.33. The summed E-state index contributed by atoms with van der Waals surface area (Å²) in [6.07, 6.45) is 0. The molecule has 7 aromatic carbocycles. The van der Waals surface area contributed by atoms with Crippen LogP contribution in [0.5, 0.6) is 0 Å². The van der Waals surface area contributed by atoms with Gasteiger partial charge in [0, 0.05) is 38.5 Å². The first-order chi connectivity index (χ1) is 23.3. The maximum absolute atomic E-state index is 4.92. The summed E-state index contributed by atoms with van der Waals surface area (Å²) in [5, 5.41) is 6.06. The first-order valence-electron chi connectivity index (χ1n) is 15.9. The number of benzene rings is 7. The topological polar surface area (TPSA) is 22.8 Å². The zero-order chi connectivity index (χ0) is 30.9. The molecule has 0 aliphatic heterocycles. The zero-order valence-electron chi connectivity index (χ0n) is 25.3. The molecule has 3 heterocycles. The van der Waals surface area contributed by atoms with Crippen molar-refractivity contribution in [2.24, 2.45) is 0 Å². The highest BCUT2D eigenvalue weighted by atomic mass is 32.1. The first kappa shape index (κ1) is 26.3. The van der Waals surface area contributed by atoms with Crippen LogP contribution in [-0.4, -0.2) is 14.1 Å². The lowest BCUT2D eigenvalue weighted by Gasteiger charge is -2.11. The molecular weight excluding hydrogens is 591 g/mol. The monoisotopic (exact) mass is 617 g/mol. The minimum atomic E-state index is 1.04. The van der Waals surface area contributed by atoms with Crippen LogP contribution in [0.4, 0.5) is 0 Å². The largest absolute Gasteiger partial charge is 0.309 e. The van der Waals surface area contributed by atoms with Crippen LogP contribution in [0.15, 0.2) is 164 Å². The average Bonchev–Trinajstić information content (AvgIpc) is 3.81. The molecule has 0 aliphatic rings. The van der Waals surface area contributed by atoms with Crippen LogP contribution in [0.2, 0.25) is 0 Å². The van der Waals surface area contributed by atoms with Crippen molar-refractivity contribution in [2.75, 3.05) is 0 Å². The fraction of sp³-hybridized carbons (Fsp3) is 0. The van der Waals surface area contributed by atoms with Crippen molar-refractivity contribution < 1.29 is 0 Å². The summed E-state index contributed by atoms with van der Waals surface area (Å²) in [4.78, 5) is 4.92. The number of rotatable bonds is 4. The summed E-state index contributed by atoms with van der Waals surface area (Å²) < 4.78 is 6.03. The predicted molar refractivity (Wildman–Crippen MR) is 199 cm³/mol. The van der Waals surface area contributed by atoms with Gasteiger partial charge in [-0.15, -0.1) is 11.3 Å². The summed E-state index contributed by atoms with van der Waals surface area (Å²) in [5.74, 6) is 0. The van der Waals surface area contributed by atoms with Crippen LogP contribution in [0, 0.1) is 0 Å². The van der Waals surface area contributed by atoms with E-state index in [1.54, 1.807) is 11.3 Å². The quantitative estimate of drug-likeness (QED) is 0.193. The second kappa shape index (κ2) is 10.3. The lowest BCUT2D eigenvalue weighted by atomic mass is 10.0. The van der Waals surface area contributed by atoms with Gasteiger partial charge in [-0.2, -0.15) is 0 Å². The van der Waals surface area contributed by atoms with Crippen LogP contribution in [0.1, 0.15) is 0 Å². The van der Waals surface area contributed by atoms with Crippen molar-refractivity contribution in [3.8, 4) is 33.1 Å². The van der Waals surface area contributed by atoms with Crippen LogP contribution >= 0.6 is 11.3 Å². The molecule has 0 N–H and O–H groups in total. The van der Waals surface area contributed by atoms with Gasteiger partial charge in [-0.25, -0.2) is 4.98 Å². The van der Waals surface area contributed by atoms with E-state index in [2.05, 4.69) is 167 Å². The van der Waals surface area contributed by atoms with Crippen molar-refractivity contribution in [3.63, 3.8) is 0 Å². The molecule has 0 amide bonds. The van der Waals surface area contributed by atoms with Gasteiger partial charge >= 0.3 is 0 Å². The molecule has 0 bridgehead atoms. The molecule has 47 heavy (non-hydrogen) atoms. The molecule has 0 saturated heterocycles. The normalized spacial score (nSPS) is 11.8. The molecule has 0 unspecified atom stereocenters. The zero-order valence-corrected chi connectivity index (χ0v) is 26.2. The van der Waals surface area contributed by atoms with Crippen LogP contribution in [0.3, 0.4) is 0 Å². The maximum Gasteiger partial charge on any atom is 0.124 e. The van der Waals surface area contributed by atoms with Gasteiger partial charge in [0.15, 0.2) is 0 Å². The Kier molecular flexibility index (Phi) is 5.74. The molecule has 220 valence electrons. The van der Waals surface area contributed by atoms with E-state index in [0.717, 1.165) is 21.8 Å². The first-order valence-corrected chi connectivity index (χ1v) is 16.7. The summed E-state index contributed by atoms with van der Waals surface area (Å²) in [7, 11) is 0. The number of aromatic nitrogens is 3. The highest BCUT2D eigenvalue weighted by Crippen LogP contribution is 2.40. The average molecular weight is 618 g/mol. The van der Waals surface area contributed by atoms with Crippen molar-refractivity contribution >= 4 is 65.2 Å². The van der Waals surface area contributed by atoms with Gasteiger partial charge < -0.3 is 9.13 Å². The lowest BCUT2D eigenvalue weighted by molar-refractivity contribution is 1.17. The van der Waals surface area contributed by atoms with Crippen molar-refractivity contribution in [2.45, 2.75) is 0 Å². The molecule has 3 aromatic heterocycles. The van der Waals surface area contributed by atoms with Crippen LogP contribution in [0.25, 0.3) is 86.9 Å². The highest BCUT2D eigenvalue weighted by molar-refractivity contribution is 7.21. The number of fused-ring (bicyclic) bond motifs is 7. The molecule has 0 radical (unpaired) electrons. The Morgan fingerprint density at radius 2 is 0.936 bits per heavy atom. The molecular formula is C43H27N3S. The van der Waals surface area contributed by atoms with E-state index in [9.17, 15) is 0 Å². The van der Waals surface area contributed by atoms with Crippen LogP contribution < -0.4 is 0 Å². The Balaban J connectivity index is 1.18. The van der Waals surface area contributed by atoms with Gasteiger partial charge in [-0.1, -0.05) is 103 Å². The Bertz CT molecular complexity index is 2780. The van der Waals surface area contributed by atoms with Gasteiger partial charge in [0.05, 0.1) is 32.3 Å². The molecule has 0 atom stereocenters. The van der Waals surface area contributed by atoms with Crippen LogP contribution in [-0.2, 0) is 0 Å². The fourth-order valence-electron chi connectivity index (χ4n) is 7.20. The standard InChI is InChI=1S/C43H27N3S/c1-3-12-28(13-4-1)43-44-37-23-22-30(25-42(37)47-43)29-14-11-17-32(24-29)46-39-21-10-8-19-34(39)36-26-40-35(27-41(36)46)33-18-7-9-20-38(33)45(40)31-15-5-2-6-16-31/h1-27H. The molecule has 0 aliphatic carbocycles. The number of para-hydroxylation sites is 3. The summed E-state index contributed by atoms with van der Waals surface area (Å²) in [5.41, 5.74) is 11.7. The lowest BCUT2D eigenvalue weighted by Crippen LogP contribution is -1.95. The summed E-state index contributed by atoms with van der Waals surface area (Å²) >= 11 is 1.75. The van der Waals surface area contributed by atoms with Crippen molar-refractivity contribution in [1.29, 1.82) is 0 Å². The van der Waals surface area contributed by atoms with E-state index in [4.69, 9.17) is 4.98 Å². The Morgan fingerprint density at radius 3 is 1.64 bits per heavy atom. The molecule has 4 heteroatoms. The molecule has 0 saturated carbocycles. The SMILES string of the molecule is c1ccc(-c2nc3ccc(-c4cccc(-n5c6ccccc6c6cc7c(cc65)c5ccccc5n7-c5ccccc5)c4)cc3s2)cc1. The summed E-state index contributed by atoms with van der Waals surface area (Å²) in [6.45, 7) is 0. The van der Waals surface area contributed by atoms with Crippen molar-refractivity contribution in [1.82, 2.24) is 14.1 Å². The number of nitrogens with zero attached hydrogens (tertiary/aromatic N) is 3. The maximum atomic E-state index is 4.92. The van der Waals surface area contributed by atoms with E-state index in [-0.39, 0.29) is 0 Å². The molecule has 10 rings (SSSR count).